The fraction of sp³-hybridized carbons (Fsp3) is 0.562. The van der Waals surface area contributed by atoms with E-state index in [1.807, 2.05) is 0 Å². The maximum Gasteiger partial charge on any atom is 0.220 e. The lowest BCUT2D eigenvalue weighted by molar-refractivity contribution is -0.122. The van der Waals surface area contributed by atoms with Gasteiger partial charge in [-0.2, -0.15) is 0 Å². The molecule has 1 amide bonds. The number of carbonyl (C=O) groups excluding carboxylic acids is 1. The molecule has 0 aliphatic carbocycles. The molecule has 1 N–H and O–H groups in total. The molecular weight excluding hydrogens is 302 g/mol. The van der Waals surface area contributed by atoms with Crippen molar-refractivity contribution in [2.45, 2.75) is 52.0 Å². The van der Waals surface area contributed by atoms with Gasteiger partial charge in [-0.05, 0) is 38.7 Å². The van der Waals surface area contributed by atoms with Gasteiger partial charge in [0.2, 0.25) is 5.91 Å². The van der Waals surface area contributed by atoms with Crippen LogP contribution in [0.5, 0.6) is 0 Å². The van der Waals surface area contributed by atoms with Gasteiger partial charge in [0.15, 0.2) is 0 Å². The second-order valence-electron chi connectivity index (χ2n) is 5.39. The zero-order chi connectivity index (χ0) is 14.3. The van der Waals surface area contributed by atoms with E-state index in [0.29, 0.717) is 6.42 Å². The highest BCUT2D eigenvalue weighted by Crippen LogP contribution is 2.16. The molecule has 0 aromatic heterocycles. The Balaban J connectivity index is 2.45. The van der Waals surface area contributed by atoms with E-state index >= 15 is 0 Å². The van der Waals surface area contributed by atoms with E-state index in [1.165, 1.54) is 11.1 Å². The maximum absolute atomic E-state index is 12.0. The fourth-order valence-corrected chi connectivity index (χ4v) is 2.82. The van der Waals surface area contributed by atoms with Gasteiger partial charge in [-0.3, -0.25) is 4.79 Å². The lowest BCUT2D eigenvalue weighted by Gasteiger charge is -2.29. The van der Waals surface area contributed by atoms with E-state index in [-0.39, 0.29) is 11.4 Å². The Morgan fingerprint density at radius 3 is 2.47 bits per heavy atom. The van der Waals surface area contributed by atoms with Gasteiger partial charge in [-0.25, -0.2) is 0 Å². The predicted octanol–water partition coefficient (Wildman–Crippen LogP) is 4.00. The van der Waals surface area contributed by atoms with Crippen LogP contribution in [-0.2, 0) is 11.2 Å². The van der Waals surface area contributed by atoms with Crippen LogP contribution in [0.3, 0.4) is 0 Å². The van der Waals surface area contributed by atoms with Crippen LogP contribution in [0.4, 0.5) is 0 Å². The molecule has 1 rings (SSSR count). The van der Waals surface area contributed by atoms with E-state index in [2.05, 4.69) is 66.3 Å². The third-order valence-corrected chi connectivity index (χ3v) is 4.03. The molecule has 0 bridgehead atoms. The quantitative estimate of drug-likeness (QED) is 0.754. The molecule has 0 heterocycles. The molecule has 0 saturated carbocycles. The second-order valence-corrected chi connectivity index (χ2v) is 6.18. The minimum Gasteiger partial charge on any atom is -0.351 e. The van der Waals surface area contributed by atoms with Crippen molar-refractivity contribution < 1.29 is 4.79 Å². The number of hydrogen-bond acceptors (Lipinski definition) is 1. The van der Waals surface area contributed by atoms with E-state index < -0.39 is 0 Å². The molecule has 0 saturated heterocycles. The maximum atomic E-state index is 12.0. The average molecular weight is 326 g/mol. The van der Waals surface area contributed by atoms with Crippen LogP contribution in [0.2, 0.25) is 0 Å². The molecule has 0 spiro atoms. The SMILES string of the molecule is CCC(C)(CCBr)NC(=O)CCc1ccc(C)cc1. The lowest BCUT2D eigenvalue weighted by atomic mass is 9.95. The first-order valence-corrected chi connectivity index (χ1v) is 8.04. The smallest absolute Gasteiger partial charge is 0.220 e. The molecule has 1 unspecified atom stereocenters. The highest BCUT2D eigenvalue weighted by Gasteiger charge is 2.22. The Labute approximate surface area is 125 Å². The van der Waals surface area contributed by atoms with Gasteiger partial charge in [-0.1, -0.05) is 52.7 Å². The van der Waals surface area contributed by atoms with Crippen molar-refractivity contribution in [2.24, 2.45) is 0 Å². The van der Waals surface area contributed by atoms with E-state index in [0.717, 1.165) is 24.6 Å². The first kappa shape index (κ1) is 16.2. The van der Waals surface area contributed by atoms with Crippen LogP contribution < -0.4 is 5.32 Å². The molecule has 2 nitrogen and oxygen atoms in total. The van der Waals surface area contributed by atoms with E-state index in [9.17, 15) is 4.79 Å². The van der Waals surface area contributed by atoms with Gasteiger partial charge in [-0.15, -0.1) is 0 Å². The summed E-state index contributed by atoms with van der Waals surface area (Å²) in [6, 6.07) is 8.38. The first-order valence-electron chi connectivity index (χ1n) is 6.91. The normalized spacial score (nSPS) is 13.9. The van der Waals surface area contributed by atoms with Gasteiger partial charge < -0.3 is 5.32 Å². The molecule has 0 aliphatic rings. The van der Waals surface area contributed by atoms with E-state index in [1.54, 1.807) is 0 Å². The molecule has 0 fully saturated rings. The van der Waals surface area contributed by atoms with Crippen LogP contribution in [0, 0.1) is 6.92 Å². The minimum atomic E-state index is -0.0894. The lowest BCUT2D eigenvalue weighted by Crippen LogP contribution is -2.45. The van der Waals surface area contributed by atoms with Crippen molar-refractivity contribution in [2.75, 3.05) is 5.33 Å². The number of nitrogens with one attached hydrogen (secondary N) is 1. The van der Waals surface area contributed by atoms with Crippen LogP contribution in [0.25, 0.3) is 0 Å². The standard InChI is InChI=1S/C16H24BrNO/c1-4-16(3,11-12-17)18-15(19)10-9-14-7-5-13(2)6-8-14/h5-8H,4,9-12H2,1-3H3,(H,18,19). The van der Waals surface area contributed by atoms with Crippen molar-refractivity contribution in [1.82, 2.24) is 5.32 Å². The number of carbonyl (C=O) groups is 1. The van der Waals surface area contributed by atoms with Crippen LogP contribution in [0.1, 0.15) is 44.2 Å². The van der Waals surface area contributed by atoms with Crippen molar-refractivity contribution in [3.8, 4) is 0 Å². The van der Waals surface area contributed by atoms with Crippen molar-refractivity contribution in [3.05, 3.63) is 35.4 Å². The molecular formula is C16H24BrNO. The summed E-state index contributed by atoms with van der Waals surface area (Å²) in [4.78, 5) is 12.0. The number of aryl methyl sites for hydroxylation is 2. The predicted molar refractivity (Wildman–Crippen MR) is 84.7 cm³/mol. The Morgan fingerprint density at radius 2 is 1.95 bits per heavy atom. The number of hydrogen-bond donors (Lipinski definition) is 1. The Kier molecular flexibility index (Phi) is 6.56. The summed E-state index contributed by atoms with van der Waals surface area (Å²) < 4.78 is 0. The topological polar surface area (TPSA) is 29.1 Å². The summed E-state index contributed by atoms with van der Waals surface area (Å²) in [6.45, 7) is 6.30. The van der Waals surface area contributed by atoms with Crippen molar-refractivity contribution >= 4 is 21.8 Å². The van der Waals surface area contributed by atoms with Crippen LogP contribution in [-0.4, -0.2) is 16.8 Å². The van der Waals surface area contributed by atoms with Crippen molar-refractivity contribution in [1.29, 1.82) is 0 Å². The summed E-state index contributed by atoms with van der Waals surface area (Å²) in [6.07, 6.45) is 3.27. The highest BCUT2D eigenvalue weighted by atomic mass is 79.9. The van der Waals surface area contributed by atoms with Gasteiger partial charge in [0.25, 0.3) is 0 Å². The fourth-order valence-electron chi connectivity index (χ4n) is 1.95. The Bertz CT molecular complexity index is 402. The van der Waals surface area contributed by atoms with Crippen LogP contribution in [0.15, 0.2) is 24.3 Å². The highest BCUT2D eigenvalue weighted by molar-refractivity contribution is 9.09. The zero-order valence-corrected chi connectivity index (χ0v) is 13.7. The van der Waals surface area contributed by atoms with Crippen LogP contribution >= 0.6 is 15.9 Å². The number of benzene rings is 1. The molecule has 3 heteroatoms. The minimum absolute atomic E-state index is 0.0894. The molecule has 19 heavy (non-hydrogen) atoms. The second kappa shape index (κ2) is 7.68. The molecule has 1 atom stereocenters. The van der Waals surface area contributed by atoms with E-state index in [4.69, 9.17) is 0 Å². The summed E-state index contributed by atoms with van der Waals surface area (Å²) in [7, 11) is 0. The first-order chi connectivity index (χ1) is 8.99. The van der Waals surface area contributed by atoms with Gasteiger partial charge in [0.05, 0.1) is 0 Å². The summed E-state index contributed by atoms with van der Waals surface area (Å²) >= 11 is 3.45. The molecule has 1 aromatic rings. The number of rotatable bonds is 7. The number of amides is 1. The molecule has 0 aliphatic heterocycles. The molecule has 106 valence electrons. The third-order valence-electron chi connectivity index (χ3n) is 3.63. The van der Waals surface area contributed by atoms with Gasteiger partial charge in [0.1, 0.15) is 0 Å². The van der Waals surface area contributed by atoms with Crippen molar-refractivity contribution in [3.63, 3.8) is 0 Å². The number of alkyl halides is 1. The Morgan fingerprint density at radius 1 is 1.32 bits per heavy atom. The molecule has 0 radical (unpaired) electrons. The average Bonchev–Trinajstić information content (AvgIpc) is 2.38. The van der Waals surface area contributed by atoms with Gasteiger partial charge in [0, 0.05) is 17.3 Å². The largest absolute Gasteiger partial charge is 0.351 e. The summed E-state index contributed by atoms with van der Waals surface area (Å²) in [5.41, 5.74) is 2.39. The Hall–Kier alpha value is -0.830. The zero-order valence-electron chi connectivity index (χ0n) is 12.1. The monoisotopic (exact) mass is 325 g/mol. The third kappa shape index (κ3) is 5.77. The summed E-state index contributed by atoms with van der Waals surface area (Å²) in [5.74, 6) is 0.144. The van der Waals surface area contributed by atoms with Gasteiger partial charge >= 0.3 is 0 Å². The summed E-state index contributed by atoms with van der Waals surface area (Å²) in [5, 5.41) is 4.07. The number of halogens is 1. The molecule has 1 aromatic carbocycles.